The van der Waals surface area contributed by atoms with Gasteiger partial charge < -0.3 is 15.6 Å². The van der Waals surface area contributed by atoms with E-state index in [2.05, 4.69) is 5.43 Å². The quantitative estimate of drug-likeness (QED) is 0.323. The maximum atomic E-state index is 10.7. The van der Waals surface area contributed by atoms with Crippen LogP contribution in [0.1, 0.15) is 5.56 Å². The maximum Gasteiger partial charge on any atom is 0.293 e. The van der Waals surface area contributed by atoms with Crippen molar-refractivity contribution in [1.29, 1.82) is 0 Å². The number of nitrogens with two attached hydrogens (primary N) is 1. The lowest BCUT2D eigenvalue weighted by molar-refractivity contribution is -0.384. The van der Waals surface area contributed by atoms with Crippen LogP contribution in [0.2, 0.25) is 0 Å². The second-order valence-corrected chi connectivity index (χ2v) is 4.63. The van der Waals surface area contributed by atoms with E-state index in [1.807, 2.05) is 0 Å². The fourth-order valence-electron chi connectivity index (χ4n) is 1.31. The highest BCUT2D eigenvalue weighted by atomic mass is 32.2. The van der Waals surface area contributed by atoms with Gasteiger partial charge in [-0.15, -0.1) is 0 Å². The third-order valence-electron chi connectivity index (χ3n) is 2.20. The summed E-state index contributed by atoms with van der Waals surface area (Å²) in [6.07, 6.45) is -0.750. The maximum absolute atomic E-state index is 10.7. The lowest BCUT2D eigenvalue weighted by atomic mass is 10.2. The number of nitrogens with zero attached hydrogens (tertiary/aromatic N) is 1. The Bertz CT molecular complexity index is 416. The Labute approximate surface area is 108 Å². The number of nitro groups is 1. The van der Waals surface area contributed by atoms with E-state index in [1.54, 1.807) is 12.1 Å². The van der Waals surface area contributed by atoms with Gasteiger partial charge in [-0.05, 0) is 11.6 Å². The van der Waals surface area contributed by atoms with Crippen LogP contribution >= 0.6 is 11.8 Å². The van der Waals surface area contributed by atoms with E-state index in [0.29, 0.717) is 11.5 Å². The number of hydrogen-bond donors (Lipinski definition) is 4. The summed E-state index contributed by atoms with van der Waals surface area (Å²) in [5.74, 6) is 6.20. The number of thioether (sulfide) groups is 1. The molecule has 100 valence electrons. The number of benzene rings is 1. The average molecular weight is 273 g/mol. The molecular formula is C10H15N3O4S. The molecule has 0 heterocycles. The van der Waals surface area contributed by atoms with Crippen LogP contribution in [-0.2, 0) is 5.75 Å². The summed E-state index contributed by atoms with van der Waals surface area (Å²) in [7, 11) is 0. The molecule has 0 aliphatic carbocycles. The molecule has 7 nitrogen and oxygen atoms in total. The molecule has 18 heavy (non-hydrogen) atoms. The lowest BCUT2D eigenvalue weighted by Gasteiger charge is -2.08. The van der Waals surface area contributed by atoms with Crippen molar-refractivity contribution < 1.29 is 15.1 Å². The molecule has 0 aliphatic rings. The highest BCUT2D eigenvalue weighted by molar-refractivity contribution is 7.98. The highest BCUT2D eigenvalue weighted by Crippen LogP contribution is 2.26. The van der Waals surface area contributed by atoms with Gasteiger partial charge in [0.1, 0.15) is 5.69 Å². The fourth-order valence-corrected chi connectivity index (χ4v) is 2.22. The zero-order valence-corrected chi connectivity index (χ0v) is 10.4. The number of hydrogen-bond acceptors (Lipinski definition) is 7. The molecular weight excluding hydrogens is 258 g/mol. The van der Waals surface area contributed by atoms with Gasteiger partial charge in [-0.3, -0.25) is 16.0 Å². The first-order valence-electron chi connectivity index (χ1n) is 5.19. The second-order valence-electron chi connectivity index (χ2n) is 3.60. The predicted octanol–water partition coefficient (Wildman–Crippen LogP) is 0.467. The van der Waals surface area contributed by atoms with Crippen LogP contribution in [0.15, 0.2) is 18.2 Å². The number of aliphatic hydroxyl groups is 2. The highest BCUT2D eigenvalue weighted by Gasteiger charge is 2.13. The zero-order chi connectivity index (χ0) is 13.5. The first kappa shape index (κ1) is 14.7. The van der Waals surface area contributed by atoms with Gasteiger partial charge in [0.15, 0.2) is 0 Å². The Morgan fingerprint density at radius 3 is 2.83 bits per heavy atom. The van der Waals surface area contributed by atoms with Crippen LogP contribution in [0.5, 0.6) is 0 Å². The summed E-state index contributed by atoms with van der Waals surface area (Å²) in [6.45, 7) is -0.275. The van der Waals surface area contributed by atoms with Gasteiger partial charge in [0.2, 0.25) is 0 Å². The van der Waals surface area contributed by atoms with Gasteiger partial charge in [0, 0.05) is 17.6 Å². The van der Waals surface area contributed by atoms with Crippen molar-refractivity contribution in [1.82, 2.24) is 0 Å². The third kappa shape index (κ3) is 4.15. The Morgan fingerprint density at radius 1 is 1.56 bits per heavy atom. The molecule has 0 radical (unpaired) electrons. The zero-order valence-electron chi connectivity index (χ0n) is 9.57. The van der Waals surface area contributed by atoms with E-state index >= 15 is 0 Å². The predicted molar refractivity (Wildman–Crippen MR) is 70.2 cm³/mol. The molecule has 0 saturated heterocycles. The van der Waals surface area contributed by atoms with E-state index in [4.69, 9.17) is 16.1 Å². The fraction of sp³-hybridized carbons (Fsp3) is 0.400. The molecule has 8 heteroatoms. The largest absolute Gasteiger partial charge is 0.394 e. The number of aliphatic hydroxyl groups excluding tert-OH is 2. The Balaban J connectivity index is 2.65. The molecule has 1 aromatic rings. The number of nitrogen functional groups attached to an aromatic ring is 1. The molecule has 5 N–H and O–H groups in total. The smallest absolute Gasteiger partial charge is 0.293 e. The molecule has 0 fully saturated rings. The minimum Gasteiger partial charge on any atom is -0.394 e. The van der Waals surface area contributed by atoms with Crippen LogP contribution in [0.3, 0.4) is 0 Å². The Morgan fingerprint density at radius 2 is 2.28 bits per heavy atom. The summed E-state index contributed by atoms with van der Waals surface area (Å²) >= 11 is 1.42. The van der Waals surface area contributed by atoms with Gasteiger partial charge in [-0.2, -0.15) is 11.8 Å². The van der Waals surface area contributed by atoms with Crippen molar-refractivity contribution >= 4 is 23.1 Å². The van der Waals surface area contributed by atoms with Crippen LogP contribution < -0.4 is 11.3 Å². The molecule has 0 amide bonds. The number of hydrazine groups is 1. The molecule has 1 unspecified atom stereocenters. The van der Waals surface area contributed by atoms with Crippen LogP contribution in [0, 0.1) is 10.1 Å². The van der Waals surface area contributed by atoms with E-state index in [9.17, 15) is 10.1 Å². The standard InChI is InChI=1S/C10H15N3O4S/c11-12-9-3-7(1-2-10(9)13(16)17)5-18-6-8(15)4-14/h1-3,8,12,14-15H,4-6,11H2. The van der Waals surface area contributed by atoms with Crippen molar-refractivity contribution in [3.05, 3.63) is 33.9 Å². The minimum absolute atomic E-state index is 0.0818. The SMILES string of the molecule is NNc1cc(CSCC(O)CO)ccc1[N+](=O)[O-]. The monoisotopic (exact) mass is 273 g/mol. The molecule has 1 rings (SSSR count). The first-order valence-corrected chi connectivity index (χ1v) is 6.34. The second kappa shape index (κ2) is 7.17. The van der Waals surface area contributed by atoms with E-state index in [0.717, 1.165) is 5.56 Å². The molecule has 0 aliphatic heterocycles. The van der Waals surface area contributed by atoms with Crippen LogP contribution in [0.25, 0.3) is 0 Å². The Hall–Kier alpha value is -1.35. The van der Waals surface area contributed by atoms with Gasteiger partial charge in [-0.1, -0.05) is 6.07 Å². The molecule has 0 spiro atoms. The summed E-state index contributed by atoms with van der Waals surface area (Å²) in [6, 6.07) is 4.61. The minimum atomic E-state index is -0.750. The van der Waals surface area contributed by atoms with Crippen molar-refractivity contribution in [3.63, 3.8) is 0 Å². The molecule has 0 saturated carbocycles. The summed E-state index contributed by atoms with van der Waals surface area (Å²) < 4.78 is 0. The van der Waals surface area contributed by atoms with Crippen LogP contribution in [0.4, 0.5) is 11.4 Å². The van der Waals surface area contributed by atoms with Gasteiger partial charge in [0.05, 0.1) is 17.6 Å². The number of rotatable bonds is 7. The molecule has 0 aromatic heterocycles. The summed E-state index contributed by atoms with van der Waals surface area (Å²) in [5.41, 5.74) is 3.31. The molecule has 1 aromatic carbocycles. The molecule has 0 bridgehead atoms. The number of anilines is 1. The van der Waals surface area contributed by atoms with Crippen molar-refractivity contribution in [3.8, 4) is 0 Å². The summed E-state index contributed by atoms with van der Waals surface area (Å²) in [4.78, 5) is 10.2. The van der Waals surface area contributed by atoms with Gasteiger partial charge in [-0.25, -0.2) is 0 Å². The third-order valence-corrected chi connectivity index (χ3v) is 3.36. The van der Waals surface area contributed by atoms with E-state index < -0.39 is 11.0 Å². The van der Waals surface area contributed by atoms with Crippen molar-refractivity contribution in [2.24, 2.45) is 5.84 Å². The summed E-state index contributed by atoms with van der Waals surface area (Å²) in [5, 5.41) is 28.5. The van der Waals surface area contributed by atoms with Crippen molar-refractivity contribution in [2.75, 3.05) is 17.8 Å². The Kier molecular flexibility index (Phi) is 5.86. The number of nitro benzene ring substituents is 1. The average Bonchev–Trinajstić information content (AvgIpc) is 2.37. The number of nitrogens with one attached hydrogen (secondary N) is 1. The van der Waals surface area contributed by atoms with Gasteiger partial charge in [0.25, 0.3) is 5.69 Å². The lowest BCUT2D eigenvalue weighted by Crippen LogP contribution is -2.14. The van der Waals surface area contributed by atoms with Gasteiger partial charge >= 0.3 is 0 Å². The van der Waals surface area contributed by atoms with E-state index in [1.165, 1.54) is 17.8 Å². The van der Waals surface area contributed by atoms with E-state index in [-0.39, 0.29) is 18.0 Å². The first-order chi connectivity index (χ1) is 8.58. The molecule has 1 atom stereocenters. The van der Waals surface area contributed by atoms with Crippen LogP contribution in [-0.4, -0.2) is 33.6 Å². The topological polar surface area (TPSA) is 122 Å². The van der Waals surface area contributed by atoms with Crippen molar-refractivity contribution in [2.45, 2.75) is 11.9 Å². The normalized spacial score (nSPS) is 12.2.